The summed E-state index contributed by atoms with van der Waals surface area (Å²) in [4.78, 5) is 12.0. The summed E-state index contributed by atoms with van der Waals surface area (Å²) in [6.07, 6.45) is -6.13. The van der Waals surface area contributed by atoms with E-state index in [0.717, 1.165) is 36.2 Å². The number of benzene rings is 2. The van der Waals surface area contributed by atoms with Crippen LogP contribution in [0, 0.1) is 5.92 Å². The summed E-state index contributed by atoms with van der Waals surface area (Å²) in [6.45, 7) is 4.99. The second-order valence-electron chi connectivity index (χ2n) is 9.07. The van der Waals surface area contributed by atoms with Crippen LogP contribution in [0.1, 0.15) is 38.7 Å². The highest BCUT2D eigenvalue weighted by Crippen LogP contribution is 2.41. The van der Waals surface area contributed by atoms with Gasteiger partial charge in [-0.25, -0.2) is 4.79 Å². The lowest BCUT2D eigenvalue weighted by atomic mass is 10.0. The smallest absolute Gasteiger partial charge is 0.493 e. The highest BCUT2D eigenvalue weighted by Gasteiger charge is 2.41. The predicted molar refractivity (Wildman–Crippen MR) is 138 cm³/mol. The SMILES string of the molecule is C=C(C)C(=O)OCC(COc1ccc2cc(-c3ccc(CCCCC)cc3OC(F)(F)F)sc2c1)C(F)(F)F. The Morgan fingerprint density at radius 2 is 1.74 bits per heavy atom. The standard InChI is InChI=1S/C28H28F6O4S/c1-4-5-6-7-18-8-11-22(23(12-18)38-28(32,33)34)25-13-19-9-10-21(14-24(19)39-25)36-15-20(27(29,30)31)16-37-26(35)17(2)3/h8-14,20H,2,4-7,15-16H2,1,3H3. The van der Waals surface area contributed by atoms with Crippen LogP contribution < -0.4 is 9.47 Å². The van der Waals surface area contributed by atoms with Gasteiger partial charge in [-0.05, 0) is 67.1 Å². The largest absolute Gasteiger partial charge is 0.573 e. The van der Waals surface area contributed by atoms with Gasteiger partial charge in [-0.1, -0.05) is 32.4 Å². The Morgan fingerprint density at radius 1 is 1.00 bits per heavy atom. The molecule has 212 valence electrons. The topological polar surface area (TPSA) is 44.8 Å². The van der Waals surface area contributed by atoms with Crippen LogP contribution in [0.3, 0.4) is 0 Å². The van der Waals surface area contributed by atoms with Gasteiger partial charge in [0, 0.05) is 20.7 Å². The van der Waals surface area contributed by atoms with E-state index >= 15 is 0 Å². The Hall–Kier alpha value is -3.21. The predicted octanol–water partition coefficient (Wildman–Crippen LogP) is 8.88. The van der Waals surface area contributed by atoms with Gasteiger partial charge in [0.2, 0.25) is 0 Å². The van der Waals surface area contributed by atoms with Gasteiger partial charge in [0.1, 0.15) is 30.6 Å². The van der Waals surface area contributed by atoms with E-state index < -0.39 is 37.6 Å². The Kier molecular flexibility index (Phi) is 9.93. The third-order valence-electron chi connectivity index (χ3n) is 5.78. The molecule has 0 saturated heterocycles. The molecule has 0 aliphatic rings. The fourth-order valence-corrected chi connectivity index (χ4v) is 4.80. The Bertz CT molecular complexity index is 1300. The summed E-state index contributed by atoms with van der Waals surface area (Å²) in [5, 5.41) is 0.676. The molecule has 0 aliphatic carbocycles. The molecular formula is C28H28F6O4S. The van der Waals surface area contributed by atoms with Crippen LogP contribution in [0.5, 0.6) is 11.5 Å². The molecule has 0 amide bonds. The van der Waals surface area contributed by atoms with Crippen LogP contribution in [-0.2, 0) is 16.0 Å². The van der Waals surface area contributed by atoms with Crippen molar-refractivity contribution >= 4 is 27.4 Å². The van der Waals surface area contributed by atoms with Crippen LogP contribution in [0.15, 0.2) is 54.6 Å². The molecule has 0 radical (unpaired) electrons. The van der Waals surface area contributed by atoms with Gasteiger partial charge in [0.25, 0.3) is 0 Å². The number of hydrogen-bond acceptors (Lipinski definition) is 5. The maximum Gasteiger partial charge on any atom is 0.573 e. The Morgan fingerprint density at radius 3 is 2.38 bits per heavy atom. The Labute approximate surface area is 226 Å². The zero-order valence-electron chi connectivity index (χ0n) is 21.4. The van der Waals surface area contributed by atoms with Crippen molar-refractivity contribution in [2.45, 2.75) is 52.1 Å². The molecule has 1 heterocycles. The minimum Gasteiger partial charge on any atom is -0.493 e. The fourth-order valence-electron chi connectivity index (χ4n) is 3.68. The van der Waals surface area contributed by atoms with E-state index in [1.54, 1.807) is 24.3 Å². The van der Waals surface area contributed by atoms with Crippen molar-refractivity contribution in [3.8, 4) is 21.9 Å². The molecule has 39 heavy (non-hydrogen) atoms. The molecule has 0 saturated carbocycles. The molecule has 1 unspecified atom stereocenters. The molecule has 0 bridgehead atoms. The van der Waals surface area contributed by atoms with Crippen LogP contribution in [0.2, 0.25) is 0 Å². The lowest BCUT2D eigenvalue weighted by molar-refractivity contribution is -0.274. The van der Waals surface area contributed by atoms with Gasteiger partial charge in [-0.3, -0.25) is 0 Å². The molecule has 11 heteroatoms. The summed E-state index contributed by atoms with van der Waals surface area (Å²) in [5.41, 5.74) is 0.966. The molecule has 1 atom stereocenters. The van der Waals surface area contributed by atoms with Gasteiger partial charge in [0.05, 0.1) is 0 Å². The van der Waals surface area contributed by atoms with Gasteiger partial charge in [-0.2, -0.15) is 13.2 Å². The number of unbranched alkanes of at least 4 members (excludes halogenated alkanes) is 2. The monoisotopic (exact) mass is 574 g/mol. The summed E-state index contributed by atoms with van der Waals surface area (Å²) in [5.74, 6) is -3.17. The van der Waals surface area contributed by atoms with E-state index in [9.17, 15) is 31.1 Å². The first-order valence-electron chi connectivity index (χ1n) is 12.2. The highest BCUT2D eigenvalue weighted by molar-refractivity contribution is 7.22. The molecule has 0 aliphatic heterocycles. The van der Waals surface area contributed by atoms with Crippen LogP contribution in [-0.4, -0.2) is 31.7 Å². The molecule has 1 aromatic heterocycles. The van der Waals surface area contributed by atoms with Crippen LogP contribution in [0.4, 0.5) is 26.3 Å². The minimum atomic E-state index is -4.87. The van der Waals surface area contributed by atoms with E-state index in [1.807, 2.05) is 6.92 Å². The number of thiophene rings is 1. The maximum absolute atomic E-state index is 13.4. The van der Waals surface area contributed by atoms with E-state index in [0.29, 0.717) is 21.4 Å². The summed E-state index contributed by atoms with van der Waals surface area (Å²) >= 11 is 1.16. The van der Waals surface area contributed by atoms with Crippen molar-refractivity contribution in [2.75, 3.05) is 13.2 Å². The number of alkyl halides is 6. The van der Waals surface area contributed by atoms with Gasteiger partial charge < -0.3 is 14.2 Å². The van der Waals surface area contributed by atoms with E-state index in [1.165, 1.54) is 25.1 Å². The van der Waals surface area contributed by atoms with Crippen molar-refractivity contribution in [3.05, 3.63) is 60.2 Å². The molecule has 0 fully saturated rings. The minimum absolute atomic E-state index is 0.0225. The number of aryl methyl sites for hydroxylation is 1. The third kappa shape index (κ3) is 8.91. The first-order valence-corrected chi connectivity index (χ1v) is 13.0. The highest BCUT2D eigenvalue weighted by atomic mass is 32.1. The second kappa shape index (κ2) is 12.8. The van der Waals surface area contributed by atoms with E-state index in [2.05, 4.69) is 16.1 Å². The zero-order valence-corrected chi connectivity index (χ0v) is 22.2. The maximum atomic E-state index is 13.4. The number of carbonyl (C=O) groups is 1. The molecule has 0 N–H and O–H groups in total. The molecular weight excluding hydrogens is 546 g/mol. The van der Waals surface area contributed by atoms with Crippen molar-refractivity contribution in [3.63, 3.8) is 0 Å². The normalized spacial score (nSPS) is 12.8. The van der Waals surface area contributed by atoms with Crippen LogP contribution >= 0.6 is 11.3 Å². The van der Waals surface area contributed by atoms with Crippen molar-refractivity contribution in [1.82, 2.24) is 0 Å². The van der Waals surface area contributed by atoms with E-state index in [4.69, 9.17) is 4.74 Å². The van der Waals surface area contributed by atoms with E-state index in [-0.39, 0.29) is 22.6 Å². The van der Waals surface area contributed by atoms with Crippen molar-refractivity contribution < 1.29 is 45.3 Å². The number of fused-ring (bicyclic) bond motifs is 1. The first-order chi connectivity index (χ1) is 18.3. The van der Waals surface area contributed by atoms with Gasteiger partial charge in [-0.15, -0.1) is 24.5 Å². The van der Waals surface area contributed by atoms with Gasteiger partial charge >= 0.3 is 18.5 Å². The molecule has 3 aromatic rings. The zero-order chi connectivity index (χ0) is 28.8. The lowest BCUT2D eigenvalue weighted by Crippen LogP contribution is -2.33. The summed E-state index contributed by atoms with van der Waals surface area (Å²) < 4.78 is 94.6. The summed E-state index contributed by atoms with van der Waals surface area (Å²) in [6, 6.07) is 11.0. The fraction of sp³-hybridized carbons (Fsp3) is 0.393. The number of hydrogen-bond donors (Lipinski definition) is 0. The average Bonchev–Trinajstić information content (AvgIpc) is 3.25. The van der Waals surface area contributed by atoms with Crippen molar-refractivity contribution in [2.24, 2.45) is 5.92 Å². The number of halogens is 6. The third-order valence-corrected chi connectivity index (χ3v) is 6.91. The second-order valence-corrected chi connectivity index (χ2v) is 10.2. The number of esters is 1. The number of ether oxygens (including phenoxy) is 3. The summed E-state index contributed by atoms with van der Waals surface area (Å²) in [7, 11) is 0. The molecule has 2 aromatic carbocycles. The Balaban J connectivity index is 1.82. The molecule has 0 spiro atoms. The lowest BCUT2D eigenvalue weighted by Gasteiger charge is -2.20. The molecule has 4 nitrogen and oxygen atoms in total. The average molecular weight is 575 g/mol. The quantitative estimate of drug-likeness (QED) is 0.0938. The number of carbonyl (C=O) groups excluding carboxylic acids is 1. The molecule has 3 rings (SSSR count). The van der Waals surface area contributed by atoms with Crippen molar-refractivity contribution in [1.29, 1.82) is 0 Å². The number of rotatable bonds is 12. The van der Waals surface area contributed by atoms with Gasteiger partial charge in [0.15, 0.2) is 0 Å². The first kappa shape index (κ1) is 30.3. The van der Waals surface area contributed by atoms with Crippen LogP contribution in [0.25, 0.3) is 20.5 Å².